The Bertz CT molecular complexity index is 810. The van der Waals surface area contributed by atoms with E-state index in [1.54, 1.807) is 12.0 Å². The minimum atomic E-state index is -0.486. The molecule has 1 saturated heterocycles. The van der Waals surface area contributed by atoms with E-state index in [4.69, 9.17) is 4.74 Å². The number of hydrogen-bond donors (Lipinski definition) is 1. The number of pyridine rings is 1. The lowest BCUT2D eigenvalue weighted by atomic mass is 10.1. The lowest BCUT2D eigenvalue weighted by molar-refractivity contribution is -0.131. The number of halogens is 1. The number of benzene rings is 1. The van der Waals surface area contributed by atoms with Crippen LogP contribution in [0.5, 0.6) is 5.75 Å². The summed E-state index contributed by atoms with van der Waals surface area (Å²) in [5, 5.41) is 2.90. The first kappa shape index (κ1) is 18.8. The summed E-state index contributed by atoms with van der Waals surface area (Å²) in [5.41, 5.74) is 1.17. The highest BCUT2D eigenvalue weighted by molar-refractivity contribution is 5.92. The smallest absolute Gasteiger partial charge is 0.270 e. The van der Waals surface area contributed by atoms with Crippen LogP contribution in [0, 0.1) is 5.82 Å². The van der Waals surface area contributed by atoms with E-state index in [0.29, 0.717) is 32.4 Å². The third kappa shape index (κ3) is 5.03. The van der Waals surface area contributed by atoms with Crippen molar-refractivity contribution in [3.05, 3.63) is 59.7 Å². The van der Waals surface area contributed by atoms with Crippen molar-refractivity contribution >= 4 is 11.8 Å². The van der Waals surface area contributed by atoms with E-state index in [1.807, 2.05) is 24.3 Å². The summed E-state index contributed by atoms with van der Waals surface area (Å²) < 4.78 is 18.2. The van der Waals surface area contributed by atoms with Crippen LogP contribution in [-0.4, -0.2) is 41.4 Å². The minimum absolute atomic E-state index is 0.0643. The van der Waals surface area contributed by atoms with Crippen molar-refractivity contribution < 1.29 is 18.7 Å². The molecule has 1 atom stereocenters. The number of nitrogens with zero attached hydrogens (tertiary/aromatic N) is 2. The third-order valence-corrected chi connectivity index (χ3v) is 4.61. The van der Waals surface area contributed by atoms with Crippen molar-refractivity contribution in [2.24, 2.45) is 0 Å². The molecule has 1 aromatic heterocycles. The van der Waals surface area contributed by atoms with Gasteiger partial charge in [0.05, 0.1) is 13.3 Å². The van der Waals surface area contributed by atoms with E-state index < -0.39 is 5.82 Å². The maximum Gasteiger partial charge on any atom is 0.270 e. The molecule has 0 bridgehead atoms. The molecule has 6 nitrogen and oxygen atoms in total. The molecule has 3 rings (SSSR count). The fraction of sp³-hybridized carbons (Fsp3) is 0.350. The Morgan fingerprint density at radius 3 is 2.93 bits per heavy atom. The SMILES string of the molecule is COc1cccc(CN2CCC(NC(=O)c3ccc(F)cn3)CCC2=O)c1. The van der Waals surface area contributed by atoms with Crippen LogP contribution in [-0.2, 0) is 11.3 Å². The van der Waals surface area contributed by atoms with Gasteiger partial charge in [-0.1, -0.05) is 12.1 Å². The highest BCUT2D eigenvalue weighted by atomic mass is 19.1. The zero-order chi connectivity index (χ0) is 19.2. The van der Waals surface area contributed by atoms with Gasteiger partial charge in [0.15, 0.2) is 0 Å². The van der Waals surface area contributed by atoms with Gasteiger partial charge in [0.25, 0.3) is 5.91 Å². The molecule has 0 radical (unpaired) electrons. The maximum absolute atomic E-state index is 12.9. The molecule has 2 aromatic rings. The summed E-state index contributed by atoms with van der Waals surface area (Å²) in [5.74, 6) is -0.0188. The summed E-state index contributed by atoms with van der Waals surface area (Å²) in [7, 11) is 1.61. The van der Waals surface area contributed by atoms with Crippen molar-refractivity contribution in [2.75, 3.05) is 13.7 Å². The molecule has 1 N–H and O–H groups in total. The van der Waals surface area contributed by atoms with Crippen LogP contribution in [0.3, 0.4) is 0 Å². The molecule has 0 saturated carbocycles. The number of carbonyl (C=O) groups is 2. The van der Waals surface area contributed by atoms with Crippen LogP contribution >= 0.6 is 0 Å². The summed E-state index contributed by atoms with van der Waals surface area (Å²) >= 11 is 0. The molecule has 7 heteroatoms. The van der Waals surface area contributed by atoms with Crippen LogP contribution in [0.15, 0.2) is 42.6 Å². The standard InChI is InChI=1S/C20H22FN3O3/c1-27-17-4-2-3-14(11-17)13-24-10-9-16(6-8-19(24)25)23-20(26)18-7-5-15(21)12-22-18/h2-5,7,11-12,16H,6,8-10,13H2,1H3,(H,23,26). The Morgan fingerprint density at radius 1 is 1.33 bits per heavy atom. The van der Waals surface area contributed by atoms with Gasteiger partial charge < -0.3 is 15.0 Å². The van der Waals surface area contributed by atoms with Crippen LogP contribution < -0.4 is 10.1 Å². The van der Waals surface area contributed by atoms with Crippen molar-refractivity contribution in [3.63, 3.8) is 0 Å². The highest BCUT2D eigenvalue weighted by Crippen LogP contribution is 2.18. The minimum Gasteiger partial charge on any atom is -0.497 e. The van der Waals surface area contributed by atoms with Gasteiger partial charge in [0.2, 0.25) is 5.91 Å². The van der Waals surface area contributed by atoms with Gasteiger partial charge >= 0.3 is 0 Å². The fourth-order valence-electron chi connectivity index (χ4n) is 3.11. The molecule has 1 aromatic carbocycles. The Balaban J connectivity index is 1.59. The lowest BCUT2D eigenvalue weighted by Gasteiger charge is -2.21. The molecule has 2 amide bonds. The number of carbonyl (C=O) groups excluding carboxylic acids is 2. The first-order chi connectivity index (χ1) is 13.0. The number of amides is 2. The number of nitrogens with one attached hydrogen (secondary N) is 1. The van der Waals surface area contributed by atoms with Gasteiger partial charge in [0.1, 0.15) is 17.3 Å². The Morgan fingerprint density at radius 2 is 2.19 bits per heavy atom. The second-order valence-electron chi connectivity index (χ2n) is 6.53. The molecule has 0 spiro atoms. The van der Waals surface area contributed by atoms with Gasteiger partial charge in [-0.15, -0.1) is 0 Å². The topological polar surface area (TPSA) is 71.5 Å². The van der Waals surface area contributed by atoms with E-state index in [2.05, 4.69) is 10.3 Å². The van der Waals surface area contributed by atoms with Crippen molar-refractivity contribution in [2.45, 2.75) is 31.8 Å². The van der Waals surface area contributed by atoms with Crippen LogP contribution in [0.2, 0.25) is 0 Å². The van der Waals surface area contributed by atoms with E-state index >= 15 is 0 Å². The first-order valence-corrected chi connectivity index (χ1v) is 8.88. The molecule has 1 aliphatic heterocycles. The Labute approximate surface area is 157 Å². The molecular formula is C20H22FN3O3. The highest BCUT2D eigenvalue weighted by Gasteiger charge is 2.24. The lowest BCUT2D eigenvalue weighted by Crippen LogP contribution is -2.36. The molecule has 142 valence electrons. The molecular weight excluding hydrogens is 349 g/mol. The van der Waals surface area contributed by atoms with Crippen molar-refractivity contribution in [3.8, 4) is 5.75 Å². The van der Waals surface area contributed by atoms with Crippen molar-refractivity contribution in [1.82, 2.24) is 15.2 Å². The predicted octanol–water partition coefficient (Wildman–Crippen LogP) is 2.54. The Hall–Kier alpha value is -2.96. The van der Waals surface area contributed by atoms with E-state index in [-0.39, 0.29) is 23.6 Å². The number of likely N-dealkylation sites (tertiary alicyclic amines) is 1. The number of hydrogen-bond acceptors (Lipinski definition) is 4. The molecule has 27 heavy (non-hydrogen) atoms. The van der Waals surface area contributed by atoms with E-state index in [0.717, 1.165) is 17.5 Å². The monoisotopic (exact) mass is 371 g/mol. The fourth-order valence-corrected chi connectivity index (χ4v) is 3.11. The zero-order valence-corrected chi connectivity index (χ0v) is 15.2. The zero-order valence-electron chi connectivity index (χ0n) is 15.2. The normalized spacial score (nSPS) is 17.3. The largest absolute Gasteiger partial charge is 0.497 e. The molecule has 1 unspecified atom stereocenters. The van der Waals surface area contributed by atoms with Gasteiger partial charge in [0, 0.05) is 25.6 Å². The average Bonchev–Trinajstić information content (AvgIpc) is 2.85. The number of rotatable bonds is 5. The summed E-state index contributed by atoms with van der Waals surface area (Å²) in [6.07, 6.45) is 2.61. The van der Waals surface area contributed by atoms with E-state index in [1.165, 1.54) is 12.1 Å². The summed E-state index contributed by atoms with van der Waals surface area (Å²) in [6, 6.07) is 10.1. The summed E-state index contributed by atoms with van der Waals surface area (Å²) in [6.45, 7) is 1.06. The van der Waals surface area contributed by atoms with Crippen LogP contribution in [0.4, 0.5) is 4.39 Å². The van der Waals surface area contributed by atoms with Gasteiger partial charge in [-0.3, -0.25) is 9.59 Å². The Kier molecular flexibility index (Phi) is 6.01. The maximum atomic E-state index is 12.9. The molecule has 2 heterocycles. The van der Waals surface area contributed by atoms with Gasteiger partial charge in [-0.05, 0) is 42.7 Å². The second-order valence-corrected chi connectivity index (χ2v) is 6.53. The number of ether oxygens (including phenoxy) is 1. The molecule has 1 fully saturated rings. The molecule has 0 aliphatic carbocycles. The quantitative estimate of drug-likeness (QED) is 0.877. The average molecular weight is 371 g/mol. The number of aromatic nitrogens is 1. The van der Waals surface area contributed by atoms with E-state index in [9.17, 15) is 14.0 Å². The van der Waals surface area contributed by atoms with Crippen LogP contribution in [0.1, 0.15) is 35.3 Å². The molecule has 1 aliphatic rings. The summed E-state index contributed by atoms with van der Waals surface area (Å²) in [4.78, 5) is 30.3. The third-order valence-electron chi connectivity index (χ3n) is 4.61. The van der Waals surface area contributed by atoms with Gasteiger partial charge in [-0.2, -0.15) is 0 Å². The van der Waals surface area contributed by atoms with Crippen LogP contribution in [0.25, 0.3) is 0 Å². The van der Waals surface area contributed by atoms with Crippen molar-refractivity contribution in [1.29, 1.82) is 0 Å². The first-order valence-electron chi connectivity index (χ1n) is 8.88. The predicted molar refractivity (Wildman–Crippen MR) is 97.7 cm³/mol. The number of methoxy groups -OCH3 is 1. The van der Waals surface area contributed by atoms with Gasteiger partial charge in [-0.25, -0.2) is 9.37 Å². The second kappa shape index (κ2) is 8.62.